The Hall–Kier alpha value is -2.67. The van der Waals surface area contributed by atoms with E-state index in [-0.39, 0.29) is 24.9 Å². The van der Waals surface area contributed by atoms with Crippen LogP contribution < -0.4 is 9.80 Å². The van der Waals surface area contributed by atoms with E-state index in [1.54, 1.807) is 38.8 Å². The van der Waals surface area contributed by atoms with Gasteiger partial charge in [0.1, 0.15) is 5.69 Å². The van der Waals surface area contributed by atoms with Crippen LogP contribution >= 0.6 is 0 Å². The molecule has 1 fully saturated rings. The van der Waals surface area contributed by atoms with Gasteiger partial charge in [0.15, 0.2) is 12.5 Å². The summed E-state index contributed by atoms with van der Waals surface area (Å²) in [6.07, 6.45) is 1.80. The van der Waals surface area contributed by atoms with Crippen LogP contribution in [0.25, 0.3) is 0 Å². The van der Waals surface area contributed by atoms with Crippen molar-refractivity contribution in [3.63, 3.8) is 0 Å². The third-order valence-corrected chi connectivity index (χ3v) is 4.23. The number of hydroxylamine groups is 1. The Balaban J connectivity index is 2.42. The third-order valence-electron chi connectivity index (χ3n) is 4.23. The lowest BCUT2D eigenvalue weighted by Gasteiger charge is -2.29. The van der Waals surface area contributed by atoms with E-state index in [0.29, 0.717) is 49.5 Å². The van der Waals surface area contributed by atoms with Gasteiger partial charge in [0.05, 0.1) is 30.4 Å². The summed E-state index contributed by atoms with van der Waals surface area (Å²) in [6, 6.07) is 5.26. The number of ether oxygens (including phenoxy) is 3. The van der Waals surface area contributed by atoms with Crippen molar-refractivity contribution in [2.24, 2.45) is 0 Å². The number of nitriles is 1. The van der Waals surface area contributed by atoms with E-state index in [1.807, 2.05) is 0 Å². The zero-order valence-corrected chi connectivity index (χ0v) is 18.0. The number of methoxy groups -OCH3 is 1. The van der Waals surface area contributed by atoms with Gasteiger partial charge in [-0.25, -0.2) is 0 Å². The molecular weight excluding hydrogens is 390 g/mol. The predicted molar refractivity (Wildman–Crippen MR) is 109 cm³/mol. The summed E-state index contributed by atoms with van der Waals surface area (Å²) in [6.45, 7) is 6.94. The molecule has 1 saturated heterocycles. The lowest BCUT2D eigenvalue weighted by atomic mass is 10.1. The van der Waals surface area contributed by atoms with Crippen molar-refractivity contribution in [1.29, 1.82) is 5.26 Å². The average Bonchev–Trinajstić information content (AvgIpc) is 3.10. The second-order valence-corrected chi connectivity index (χ2v) is 7.81. The Kier molecular flexibility index (Phi) is 8.59. The van der Waals surface area contributed by atoms with Crippen LogP contribution in [0.1, 0.15) is 44.7 Å². The molecule has 0 saturated carbocycles. The molecule has 164 valence electrons. The van der Waals surface area contributed by atoms with Crippen LogP contribution in [0.4, 0.5) is 5.69 Å². The fourth-order valence-corrected chi connectivity index (χ4v) is 2.99. The number of anilines is 1. The van der Waals surface area contributed by atoms with Crippen molar-refractivity contribution in [3.05, 3.63) is 23.3 Å². The number of nitrogens with zero attached hydrogens (tertiary/aromatic N) is 3. The summed E-state index contributed by atoms with van der Waals surface area (Å²) in [7, 11) is 1.57. The van der Waals surface area contributed by atoms with E-state index in [2.05, 4.69) is 6.07 Å². The molecule has 2 amide bonds. The van der Waals surface area contributed by atoms with Crippen molar-refractivity contribution < 1.29 is 28.6 Å². The molecule has 1 aliphatic heterocycles. The Morgan fingerprint density at radius 3 is 2.63 bits per heavy atom. The Morgan fingerprint density at radius 1 is 1.30 bits per heavy atom. The molecular formula is C21H29N3O6. The SMILES string of the molecule is COCCOCOc1c(CN2CCCC2=O)cc(C#N)cc1N(C=O)OC(C)(C)C. The lowest BCUT2D eigenvalue weighted by molar-refractivity contribution is -0.128. The van der Waals surface area contributed by atoms with Gasteiger partial charge in [-0.1, -0.05) is 0 Å². The maximum atomic E-state index is 12.1. The molecule has 9 nitrogen and oxygen atoms in total. The van der Waals surface area contributed by atoms with E-state index < -0.39 is 5.60 Å². The topological polar surface area (TPSA) is 101 Å². The van der Waals surface area contributed by atoms with E-state index >= 15 is 0 Å². The maximum absolute atomic E-state index is 12.1. The third kappa shape index (κ3) is 6.69. The number of benzene rings is 1. The van der Waals surface area contributed by atoms with Crippen molar-refractivity contribution >= 4 is 18.0 Å². The van der Waals surface area contributed by atoms with E-state index in [4.69, 9.17) is 19.0 Å². The van der Waals surface area contributed by atoms with Gasteiger partial charge in [-0.3, -0.25) is 14.4 Å². The van der Waals surface area contributed by atoms with Gasteiger partial charge in [-0.2, -0.15) is 10.3 Å². The van der Waals surface area contributed by atoms with E-state index in [9.17, 15) is 14.9 Å². The minimum Gasteiger partial charge on any atom is -0.465 e. The molecule has 9 heteroatoms. The first-order valence-corrected chi connectivity index (χ1v) is 9.77. The molecule has 0 spiro atoms. The smallest absolute Gasteiger partial charge is 0.238 e. The molecule has 1 aromatic carbocycles. The highest BCUT2D eigenvalue weighted by molar-refractivity contribution is 5.80. The average molecular weight is 419 g/mol. The number of likely N-dealkylation sites (tertiary alicyclic amines) is 1. The van der Waals surface area contributed by atoms with Crippen molar-refractivity contribution in [2.75, 3.05) is 38.7 Å². The fraction of sp³-hybridized carbons (Fsp3) is 0.571. The number of hydrogen-bond acceptors (Lipinski definition) is 7. The lowest BCUT2D eigenvalue weighted by Crippen LogP contribution is -2.33. The molecule has 2 rings (SSSR count). The van der Waals surface area contributed by atoms with Gasteiger partial charge >= 0.3 is 0 Å². The van der Waals surface area contributed by atoms with Crippen LogP contribution in [0.15, 0.2) is 12.1 Å². The van der Waals surface area contributed by atoms with Crippen molar-refractivity contribution in [2.45, 2.75) is 45.8 Å². The largest absolute Gasteiger partial charge is 0.465 e. The predicted octanol–water partition coefficient (Wildman–Crippen LogP) is 2.37. The summed E-state index contributed by atoms with van der Waals surface area (Å²) in [5, 5.41) is 10.5. The minimum atomic E-state index is -0.666. The van der Waals surface area contributed by atoms with E-state index in [1.165, 1.54) is 6.07 Å². The quantitative estimate of drug-likeness (QED) is 0.235. The number of rotatable bonds is 11. The number of amides is 2. The normalized spacial score (nSPS) is 14.0. The van der Waals surface area contributed by atoms with Gasteiger partial charge in [-0.05, 0) is 39.3 Å². The molecule has 1 heterocycles. The van der Waals surface area contributed by atoms with Gasteiger partial charge in [0, 0.05) is 32.2 Å². The Labute approximate surface area is 177 Å². The van der Waals surface area contributed by atoms with E-state index in [0.717, 1.165) is 11.5 Å². The highest BCUT2D eigenvalue weighted by atomic mass is 16.7. The highest BCUT2D eigenvalue weighted by Crippen LogP contribution is 2.36. The molecule has 0 bridgehead atoms. The standard InChI is InChI=1S/C21H29N3O6/c1-21(2,3)30-24(14-25)18-11-16(12-22)10-17(13-23-7-5-6-19(23)26)20(18)29-15-28-9-8-27-4/h10-11,14H,5-9,13,15H2,1-4H3. The zero-order valence-electron chi connectivity index (χ0n) is 18.0. The zero-order chi connectivity index (χ0) is 22.1. The number of carbonyl (C=O) groups is 2. The minimum absolute atomic E-state index is 0.0411. The van der Waals surface area contributed by atoms with Crippen LogP contribution in [0, 0.1) is 11.3 Å². The molecule has 1 aromatic rings. The molecule has 0 aromatic heterocycles. The van der Waals surface area contributed by atoms with Gasteiger partial charge in [0.2, 0.25) is 12.3 Å². The summed E-state index contributed by atoms with van der Waals surface area (Å²) >= 11 is 0. The van der Waals surface area contributed by atoms with Crippen molar-refractivity contribution in [1.82, 2.24) is 4.90 Å². The first kappa shape index (κ1) is 23.6. The molecule has 1 aliphatic rings. The number of carbonyl (C=O) groups excluding carboxylic acids is 2. The van der Waals surface area contributed by atoms with Crippen LogP contribution in [0.2, 0.25) is 0 Å². The Bertz CT molecular complexity index is 784. The monoisotopic (exact) mass is 419 g/mol. The Morgan fingerprint density at radius 2 is 2.07 bits per heavy atom. The van der Waals surface area contributed by atoms with Gasteiger partial charge in [-0.15, -0.1) is 0 Å². The van der Waals surface area contributed by atoms with Gasteiger partial charge < -0.3 is 19.1 Å². The van der Waals surface area contributed by atoms with Crippen molar-refractivity contribution in [3.8, 4) is 11.8 Å². The van der Waals surface area contributed by atoms with Crippen LogP contribution in [-0.4, -0.2) is 56.5 Å². The fourth-order valence-electron chi connectivity index (χ4n) is 2.99. The highest BCUT2D eigenvalue weighted by Gasteiger charge is 2.26. The van der Waals surface area contributed by atoms with Crippen LogP contribution in [0.3, 0.4) is 0 Å². The van der Waals surface area contributed by atoms with Crippen LogP contribution in [-0.2, 0) is 30.4 Å². The van der Waals surface area contributed by atoms with Crippen LogP contribution in [0.5, 0.6) is 5.75 Å². The second-order valence-electron chi connectivity index (χ2n) is 7.81. The molecule has 0 radical (unpaired) electrons. The summed E-state index contributed by atoms with van der Waals surface area (Å²) in [4.78, 5) is 31.4. The first-order valence-electron chi connectivity index (χ1n) is 9.77. The van der Waals surface area contributed by atoms with Gasteiger partial charge in [0.25, 0.3) is 0 Å². The molecule has 0 aliphatic carbocycles. The number of hydrogen-bond donors (Lipinski definition) is 0. The molecule has 0 unspecified atom stereocenters. The molecule has 0 atom stereocenters. The summed E-state index contributed by atoms with van der Waals surface area (Å²) in [5.74, 6) is 0.363. The molecule has 30 heavy (non-hydrogen) atoms. The molecule has 0 N–H and O–H groups in total. The summed E-state index contributed by atoms with van der Waals surface area (Å²) < 4.78 is 16.2. The second kappa shape index (κ2) is 10.9. The first-order chi connectivity index (χ1) is 14.3. The summed E-state index contributed by atoms with van der Waals surface area (Å²) in [5.41, 5.74) is 0.527. The maximum Gasteiger partial charge on any atom is 0.238 e.